The molecular formula is C22H17FN2S. The van der Waals surface area contributed by atoms with Crippen molar-refractivity contribution in [2.75, 3.05) is 5.75 Å². The molecule has 0 unspecified atom stereocenters. The summed E-state index contributed by atoms with van der Waals surface area (Å²) in [6.07, 6.45) is 0. The summed E-state index contributed by atoms with van der Waals surface area (Å²) in [6, 6.07) is 22.9. The van der Waals surface area contributed by atoms with Crippen LogP contribution in [-0.4, -0.2) is 15.7 Å². The average Bonchev–Trinajstić information content (AvgIpc) is 2.69. The number of nitrogens with zero attached hydrogens (tertiary/aromatic N) is 2. The molecule has 0 fully saturated rings. The molecule has 4 aromatic rings. The highest BCUT2D eigenvalue weighted by Crippen LogP contribution is 2.31. The molecule has 1 heterocycles. The third-order valence-corrected chi connectivity index (χ3v) is 5.04. The van der Waals surface area contributed by atoms with E-state index in [0.29, 0.717) is 11.4 Å². The van der Waals surface area contributed by atoms with E-state index in [1.165, 1.54) is 0 Å². The summed E-state index contributed by atoms with van der Waals surface area (Å²) in [5.41, 5.74) is 3.09. The second-order valence-corrected chi connectivity index (χ2v) is 7.12. The van der Waals surface area contributed by atoms with E-state index < -0.39 is 0 Å². The monoisotopic (exact) mass is 360 g/mol. The summed E-state index contributed by atoms with van der Waals surface area (Å²) in [5.74, 6) is 1.02. The first kappa shape index (κ1) is 16.7. The van der Waals surface area contributed by atoms with E-state index in [1.807, 2.05) is 60.7 Å². The lowest BCUT2D eigenvalue weighted by Crippen LogP contribution is -1.96. The Morgan fingerprint density at radius 1 is 0.846 bits per heavy atom. The van der Waals surface area contributed by atoms with Crippen molar-refractivity contribution in [3.05, 3.63) is 78.6 Å². The van der Waals surface area contributed by atoms with Gasteiger partial charge in [0.15, 0.2) is 5.82 Å². The van der Waals surface area contributed by atoms with Gasteiger partial charge in [-0.25, -0.2) is 14.4 Å². The smallest absolute Gasteiger partial charge is 0.163 e. The van der Waals surface area contributed by atoms with Crippen molar-refractivity contribution < 1.29 is 4.39 Å². The molecule has 26 heavy (non-hydrogen) atoms. The van der Waals surface area contributed by atoms with Crippen LogP contribution < -0.4 is 0 Å². The van der Waals surface area contributed by atoms with Crippen molar-refractivity contribution in [2.45, 2.75) is 11.9 Å². The fraction of sp³-hybridized carbons (Fsp3) is 0.0909. The Morgan fingerprint density at radius 3 is 2.38 bits per heavy atom. The highest BCUT2D eigenvalue weighted by Gasteiger charge is 2.13. The molecule has 128 valence electrons. The van der Waals surface area contributed by atoms with Gasteiger partial charge in [0.05, 0.1) is 11.1 Å². The zero-order valence-electron chi connectivity index (χ0n) is 14.3. The zero-order chi connectivity index (χ0) is 17.9. The molecule has 1 aromatic heterocycles. The lowest BCUT2D eigenvalue weighted by Gasteiger charge is -2.09. The fourth-order valence-corrected chi connectivity index (χ4v) is 3.67. The maximum atomic E-state index is 14.9. The maximum absolute atomic E-state index is 14.9. The summed E-state index contributed by atoms with van der Waals surface area (Å²) in [6.45, 7) is 2.08. The first-order valence-electron chi connectivity index (χ1n) is 8.51. The zero-order valence-corrected chi connectivity index (χ0v) is 15.1. The van der Waals surface area contributed by atoms with Gasteiger partial charge in [0.1, 0.15) is 10.8 Å². The number of fused-ring (bicyclic) bond motifs is 1. The Labute approximate surface area is 156 Å². The molecule has 0 aliphatic rings. The van der Waals surface area contributed by atoms with E-state index in [2.05, 4.69) is 16.9 Å². The lowest BCUT2D eigenvalue weighted by atomic mass is 10.0. The van der Waals surface area contributed by atoms with Crippen molar-refractivity contribution >= 4 is 22.7 Å². The Kier molecular flexibility index (Phi) is 4.67. The van der Waals surface area contributed by atoms with Crippen LogP contribution in [0.5, 0.6) is 0 Å². The number of rotatable bonds is 4. The molecule has 2 nitrogen and oxygen atoms in total. The van der Waals surface area contributed by atoms with E-state index in [0.717, 1.165) is 32.8 Å². The molecule has 4 rings (SSSR count). The number of para-hydroxylation sites is 1. The number of hydrogen-bond acceptors (Lipinski definition) is 3. The predicted molar refractivity (Wildman–Crippen MR) is 107 cm³/mol. The Balaban J connectivity index is 1.82. The van der Waals surface area contributed by atoms with E-state index in [-0.39, 0.29) is 5.82 Å². The molecule has 0 saturated carbocycles. The minimum atomic E-state index is -0.311. The standard InChI is InChI=1S/C22H17FN2S/c1-2-26-22-18-10-6-7-11-20(18)24-21(25-22)17-13-12-16(14-19(17)23)15-8-4-3-5-9-15/h3-14H,2H2,1H3. The van der Waals surface area contributed by atoms with E-state index in [1.54, 1.807) is 23.9 Å². The number of hydrogen-bond donors (Lipinski definition) is 0. The van der Waals surface area contributed by atoms with Crippen molar-refractivity contribution in [3.63, 3.8) is 0 Å². The van der Waals surface area contributed by atoms with Crippen molar-refractivity contribution in [1.82, 2.24) is 9.97 Å². The van der Waals surface area contributed by atoms with Gasteiger partial charge < -0.3 is 0 Å². The first-order chi connectivity index (χ1) is 12.8. The van der Waals surface area contributed by atoms with Crippen LogP contribution in [0.1, 0.15) is 6.92 Å². The summed E-state index contributed by atoms with van der Waals surface area (Å²) in [7, 11) is 0. The van der Waals surface area contributed by atoms with Crippen LogP contribution in [0.2, 0.25) is 0 Å². The predicted octanol–water partition coefficient (Wildman–Crippen LogP) is 6.21. The third-order valence-electron chi connectivity index (χ3n) is 4.17. The molecular weight excluding hydrogens is 343 g/mol. The quantitative estimate of drug-likeness (QED) is 0.319. The van der Waals surface area contributed by atoms with Crippen LogP contribution in [0.3, 0.4) is 0 Å². The van der Waals surface area contributed by atoms with E-state index in [9.17, 15) is 4.39 Å². The molecule has 0 bridgehead atoms. The molecule has 0 aliphatic carbocycles. The Morgan fingerprint density at radius 2 is 1.62 bits per heavy atom. The van der Waals surface area contributed by atoms with Gasteiger partial charge in [-0.2, -0.15) is 0 Å². The van der Waals surface area contributed by atoms with Gasteiger partial charge in [-0.15, -0.1) is 11.8 Å². The van der Waals surface area contributed by atoms with Gasteiger partial charge in [-0.3, -0.25) is 0 Å². The number of aromatic nitrogens is 2. The largest absolute Gasteiger partial charge is 0.228 e. The van der Waals surface area contributed by atoms with Crippen LogP contribution in [-0.2, 0) is 0 Å². The summed E-state index contributed by atoms with van der Waals surface area (Å²) >= 11 is 1.65. The SMILES string of the molecule is CCSc1nc(-c2ccc(-c3ccccc3)cc2F)nc2ccccc12. The molecule has 0 amide bonds. The van der Waals surface area contributed by atoms with Gasteiger partial charge in [0.2, 0.25) is 0 Å². The molecule has 0 radical (unpaired) electrons. The Hall–Kier alpha value is -2.72. The van der Waals surface area contributed by atoms with Gasteiger partial charge in [0, 0.05) is 5.39 Å². The maximum Gasteiger partial charge on any atom is 0.163 e. The molecule has 0 atom stereocenters. The number of thioether (sulfide) groups is 1. The van der Waals surface area contributed by atoms with Crippen LogP contribution in [0.4, 0.5) is 4.39 Å². The summed E-state index contributed by atoms with van der Waals surface area (Å²) < 4.78 is 14.9. The molecule has 0 aliphatic heterocycles. The minimum Gasteiger partial charge on any atom is -0.228 e. The van der Waals surface area contributed by atoms with Crippen molar-refractivity contribution in [3.8, 4) is 22.5 Å². The third kappa shape index (κ3) is 3.20. The topological polar surface area (TPSA) is 25.8 Å². The minimum absolute atomic E-state index is 0.311. The molecule has 0 saturated heterocycles. The summed E-state index contributed by atoms with van der Waals surface area (Å²) in [4.78, 5) is 9.22. The molecule has 0 N–H and O–H groups in total. The summed E-state index contributed by atoms with van der Waals surface area (Å²) in [5, 5.41) is 1.89. The second-order valence-electron chi connectivity index (χ2n) is 5.86. The van der Waals surface area contributed by atoms with Crippen LogP contribution in [0.15, 0.2) is 77.8 Å². The van der Waals surface area contributed by atoms with Gasteiger partial charge in [-0.1, -0.05) is 61.5 Å². The molecule has 0 spiro atoms. The van der Waals surface area contributed by atoms with Crippen LogP contribution in [0.25, 0.3) is 33.4 Å². The van der Waals surface area contributed by atoms with Crippen molar-refractivity contribution in [2.24, 2.45) is 0 Å². The number of halogens is 1. The highest BCUT2D eigenvalue weighted by molar-refractivity contribution is 7.99. The Bertz CT molecular complexity index is 1060. The normalized spacial score (nSPS) is 11.0. The highest BCUT2D eigenvalue weighted by atomic mass is 32.2. The molecule has 4 heteroatoms. The fourth-order valence-electron chi connectivity index (χ4n) is 2.92. The van der Waals surface area contributed by atoms with Gasteiger partial charge in [-0.05, 0) is 35.1 Å². The van der Waals surface area contributed by atoms with Gasteiger partial charge >= 0.3 is 0 Å². The van der Waals surface area contributed by atoms with Crippen molar-refractivity contribution in [1.29, 1.82) is 0 Å². The molecule has 3 aromatic carbocycles. The number of benzene rings is 3. The van der Waals surface area contributed by atoms with E-state index in [4.69, 9.17) is 0 Å². The second kappa shape index (κ2) is 7.26. The van der Waals surface area contributed by atoms with Crippen LogP contribution in [0, 0.1) is 5.82 Å². The van der Waals surface area contributed by atoms with E-state index >= 15 is 0 Å². The lowest BCUT2D eigenvalue weighted by molar-refractivity contribution is 0.630. The van der Waals surface area contributed by atoms with Gasteiger partial charge in [0.25, 0.3) is 0 Å². The van der Waals surface area contributed by atoms with Crippen LogP contribution >= 0.6 is 11.8 Å². The average molecular weight is 360 g/mol. The first-order valence-corrected chi connectivity index (χ1v) is 9.49.